The van der Waals surface area contributed by atoms with Gasteiger partial charge in [0.1, 0.15) is 10.1 Å². The van der Waals surface area contributed by atoms with Gasteiger partial charge in [-0.3, -0.25) is 0 Å². The van der Waals surface area contributed by atoms with Crippen molar-refractivity contribution in [2.75, 3.05) is 0 Å². The van der Waals surface area contributed by atoms with Crippen molar-refractivity contribution in [2.24, 2.45) is 0 Å². The van der Waals surface area contributed by atoms with Crippen molar-refractivity contribution in [1.29, 1.82) is 0 Å². The van der Waals surface area contributed by atoms with Gasteiger partial charge in [-0.05, 0) is 72.8 Å². The SMILES string of the molecule is O=S(=O)([O-])c1ccccc1C(F)(F)F.c1ccc(Sc2ccc([S+](c3ccccc3)c3ccccc3)cc2)cc1. The monoisotopic (exact) mass is 596 g/mol. The largest absolute Gasteiger partial charge is 0.744 e. The fourth-order valence-corrected chi connectivity index (χ4v) is 7.33. The first-order chi connectivity index (χ1) is 19.1. The van der Waals surface area contributed by atoms with E-state index in [4.69, 9.17) is 0 Å². The highest BCUT2D eigenvalue weighted by molar-refractivity contribution is 7.99. The number of hydrogen-bond acceptors (Lipinski definition) is 4. The molecule has 0 saturated heterocycles. The molecule has 0 bridgehead atoms. The highest BCUT2D eigenvalue weighted by atomic mass is 32.2. The molecule has 0 N–H and O–H groups in total. The molecule has 0 heterocycles. The normalized spacial score (nSPS) is 11.5. The van der Waals surface area contributed by atoms with Gasteiger partial charge in [0.05, 0.1) is 21.4 Å². The molecule has 0 aliphatic rings. The lowest BCUT2D eigenvalue weighted by molar-refractivity contribution is -0.140. The second kappa shape index (κ2) is 13.2. The summed E-state index contributed by atoms with van der Waals surface area (Å²) in [7, 11) is -5.17. The van der Waals surface area contributed by atoms with Gasteiger partial charge in [0.25, 0.3) is 0 Å². The van der Waals surface area contributed by atoms with E-state index in [2.05, 4.69) is 115 Å². The maximum Gasteiger partial charge on any atom is 0.417 e. The van der Waals surface area contributed by atoms with E-state index >= 15 is 0 Å². The Kier molecular flexibility index (Phi) is 9.76. The van der Waals surface area contributed by atoms with Gasteiger partial charge in [0.2, 0.25) is 0 Å². The van der Waals surface area contributed by atoms with E-state index in [-0.39, 0.29) is 10.9 Å². The van der Waals surface area contributed by atoms with Gasteiger partial charge >= 0.3 is 6.18 Å². The number of hydrogen-bond donors (Lipinski definition) is 0. The van der Waals surface area contributed by atoms with Crippen molar-refractivity contribution < 1.29 is 26.1 Å². The maximum atomic E-state index is 12.2. The fourth-order valence-electron chi connectivity index (χ4n) is 3.71. The standard InChI is InChI=1S/C24H19S2.C7H5F3O3S/c1-4-10-20(11-5-1)25-21-16-18-24(19-17-21)26(22-12-6-2-7-13-22)23-14-8-3-9-15-23;8-7(9,10)5-3-1-2-4-6(5)14(11,12)13/h1-19H;1-4H,(H,11,12,13)/q+1;/p-1. The van der Waals surface area contributed by atoms with Crippen LogP contribution in [0.4, 0.5) is 13.2 Å². The molecule has 0 aliphatic heterocycles. The fraction of sp³-hybridized carbons (Fsp3) is 0.0323. The molecule has 0 aliphatic carbocycles. The zero-order valence-corrected chi connectivity index (χ0v) is 23.3. The topological polar surface area (TPSA) is 57.2 Å². The Morgan fingerprint density at radius 3 is 1.40 bits per heavy atom. The maximum absolute atomic E-state index is 12.2. The first-order valence-electron chi connectivity index (χ1n) is 11.9. The number of rotatable bonds is 6. The predicted molar refractivity (Wildman–Crippen MR) is 151 cm³/mol. The van der Waals surface area contributed by atoms with Crippen LogP contribution in [-0.2, 0) is 27.2 Å². The van der Waals surface area contributed by atoms with Crippen LogP contribution in [0.3, 0.4) is 0 Å². The van der Waals surface area contributed by atoms with Crippen LogP contribution in [0.25, 0.3) is 0 Å². The third kappa shape index (κ3) is 8.02. The summed E-state index contributed by atoms with van der Waals surface area (Å²) < 4.78 is 67.9. The van der Waals surface area contributed by atoms with Crippen molar-refractivity contribution in [1.82, 2.24) is 0 Å². The van der Waals surface area contributed by atoms with E-state index < -0.39 is 26.8 Å². The van der Waals surface area contributed by atoms with Gasteiger partial charge in [0, 0.05) is 9.79 Å². The van der Waals surface area contributed by atoms with Gasteiger partial charge < -0.3 is 4.55 Å². The van der Waals surface area contributed by atoms with Crippen LogP contribution in [0.2, 0.25) is 0 Å². The highest BCUT2D eigenvalue weighted by Crippen LogP contribution is 2.35. The molecule has 9 heteroatoms. The summed E-state index contributed by atoms with van der Waals surface area (Å²) in [5.74, 6) is 0. The zero-order valence-electron chi connectivity index (χ0n) is 20.9. The van der Waals surface area contributed by atoms with Crippen molar-refractivity contribution in [3.63, 3.8) is 0 Å². The van der Waals surface area contributed by atoms with Gasteiger partial charge in [-0.15, -0.1) is 0 Å². The molecule has 204 valence electrons. The van der Waals surface area contributed by atoms with E-state index in [1.165, 1.54) is 24.5 Å². The predicted octanol–water partition coefficient (Wildman–Crippen LogP) is 8.54. The Morgan fingerprint density at radius 2 is 0.950 bits per heavy atom. The van der Waals surface area contributed by atoms with Crippen molar-refractivity contribution >= 4 is 32.8 Å². The van der Waals surface area contributed by atoms with Crippen LogP contribution >= 0.6 is 11.8 Å². The summed E-state index contributed by atoms with van der Waals surface area (Å²) >= 11 is 1.80. The van der Waals surface area contributed by atoms with Crippen LogP contribution in [-0.4, -0.2) is 13.0 Å². The lowest BCUT2D eigenvalue weighted by atomic mass is 10.2. The third-order valence-electron chi connectivity index (χ3n) is 5.46. The van der Waals surface area contributed by atoms with Gasteiger partial charge in [0.15, 0.2) is 14.7 Å². The molecule has 0 aromatic heterocycles. The molecular weight excluding hydrogens is 574 g/mol. The van der Waals surface area contributed by atoms with Crippen LogP contribution in [0.5, 0.6) is 0 Å². The molecule has 0 unspecified atom stereocenters. The van der Waals surface area contributed by atoms with Crippen LogP contribution < -0.4 is 0 Å². The zero-order chi connectivity index (χ0) is 28.6. The Bertz CT molecular complexity index is 1570. The summed E-state index contributed by atoms with van der Waals surface area (Å²) in [5, 5.41) is 0. The molecule has 5 aromatic rings. The lowest BCUT2D eigenvalue weighted by Gasteiger charge is -2.14. The highest BCUT2D eigenvalue weighted by Gasteiger charge is 2.34. The first-order valence-corrected chi connectivity index (χ1v) is 15.4. The van der Waals surface area contributed by atoms with Crippen molar-refractivity contribution in [3.05, 3.63) is 145 Å². The van der Waals surface area contributed by atoms with Crippen LogP contribution in [0, 0.1) is 0 Å². The molecule has 0 saturated carbocycles. The summed E-state index contributed by atoms with van der Waals surface area (Å²) in [4.78, 5) is 5.34. The quantitative estimate of drug-likeness (QED) is 0.146. The second-order valence-corrected chi connectivity index (χ2v) is 12.8. The van der Waals surface area contributed by atoms with E-state index in [1.54, 1.807) is 11.8 Å². The smallest absolute Gasteiger partial charge is 0.417 e. The summed E-state index contributed by atoms with van der Waals surface area (Å²) in [6, 6.07) is 44.3. The van der Waals surface area contributed by atoms with Gasteiger partial charge in [-0.25, -0.2) is 8.42 Å². The number of benzene rings is 5. The molecule has 0 radical (unpaired) electrons. The molecule has 5 rings (SSSR count). The van der Waals surface area contributed by atoms with E-state index in [1.807, 2.05) is 0 Å². The average Bonchev–Trinajstić information content (AvgIpc) is 2.95. The van der Waals surface area contributed by atoms with E-state index in [0.717, 1.165) is 12.1 Å². The van der Waals surface area contributed by atoms with Crippen LogP contribution in [0.1, 0.15) is 5.56 Å². The summed E-state index contributed by atoms with van der Waals surface area (Å²) in [6.07, 6.45) is -4.84. The van der Waals surface area contributed by atoms with E-state index in [0.29, 0.717) is 12.1 Å². The molecule has 3 nitrogen and oxygen atoms in total. The molecule has 0 amide bonds. The minimum atomic E-state index is -5.09. The Hall–Kier alpha value is -3.50. The first kappa shape index (κ1) is 29.5. The second-order valence-electron chi connectivity index (χ2n) is 8.27. The van der Waals surface area contributed by atoms with Gasteiger partial charge in [-0.2, -0.15) is 13.2 Å². The molecule has 5 aromatic carbocycles. The molecular formula is C31H23F3O3S3. The Balaban J connectivity index is 0.000000224. The lowest BCUT2D eigenvalue weighted by Crippen LogP contribution is -2.12. The Morgan fingerprint density at radius 1 is 0.550 bits per heavy atom. The molecule has 0 fully saturated rings. The summed E-state index contributed by atoms with van der Waals surface area (Å²) in [6.45, 7) is 0. The molecule has 0 spiro atoms. The third-order valence-corrected chi connectivity index (χ3v) is 9.60. The average molecular weight is 597 g/mol. The number of alkyl halides is 3. The minimum absolute atomic E-state index is 0.0786. The molecule has 40 heavy (non-hydrogen) atoms. The van der Waals surface area contributed by atoms with E-state index in [9.17, 15) is 26.1 Å². The van der Waals surface area contributed by atoms with Gasteiger partial charge in [-0.1, -0.05) is 78.5 Å². The minimum Gasteiger partial charge on any atom is -0.744 e. The summed E-state index contributed by atoms with van der Waals surface area (Å²) in [5.41, 5.74) is -1.44. The van der Waals surface area contributed by atoms with Crippen LogP contribution in [0.15, 0.2) is 169 Å². The molecule has 0 atom stereocenters. The number of halogens is 3. The van der Waals surface area contributed by atoms with Crippen molar-refractivity contribution in [3.8, 4) is 0 Å². The van der Waals surface area contributed by atoms with Crippen molar-refractivity contribution in [2.45, 2.75) is 35.5 Å². The Labute approximate surface area is 238 Å².